The van der Waals surface area contributed by atoms with E-state index in [4.69, 9.17) is 4.74 Å². The third-order valence-electron chi connectivity index (χ3n) is 3.17. The lowest BCUT2D eigenvalue weighted by Gasteiger charge is -2.25. The Morgan fingerprint density at radius 3 is 2.88 bits per heavy atom. The Bertz CT molecular complexity index is 510. The van der Waals surface area contributed by atoms with Gasteiger partial charge in [-0.3, -0.25) is 0 Å². The zero-order valence-electron chi connectivity index (χ0n) is 8.91. The van der Waals surface area contributed by atoms with Gasteiger partial charge in [0.2, 0.25) is 5.16 Å². The van der Waals surface area contributed by atoms with Gasteiger partial charge in [-0.1, -0.05) is 0 Å². The third kappa shape index (κ3) is 1.32. The van der Waals surface area contributed by atoms with Crippen LogP contribution in [0, 0.1) is 0 Å². The normalized spacial score (nSPS) is 30.1. The number of fused-ring (bicyclic) bond motifs is 2. The van der Waals surface area contributed by atoms with E-state index in [1.807, 2.05) is 0 Å². The Labute approximate surface area is 93.9 Å². The summed E-state index contributed by atoms with van der Waals surface area (Å²) in [4.78, 5) is 3.91. The second kappa shape index (κ2) is 3.28. The molecule has 2 bridgehead atoms. The average Bonchev–Trinajstić information content (AvgIpc) is 2.91. The zero-order valence-corrected chi connectivity index (χ0v) is 9.72. The molecule has 2 atom stereocenters. The Morgan fingerprint density at radius 2 is 2.38 bits per heavy atom. The van der Waals surface area contributed by atoms with Crippen molar-refractivity contribution in [3.05, 3.63) is 12.4 Å². The molecule has 2 unspecified atom stereocenters. The maximum atomic E-state index is 12.3. The lowest BCUT2D eigenvalue weighted by Crippen LogP contribution is -2.42. The number of morpholine rings is 1. The maximum Gasteiger partial charge on any atom is 0.277 e. The minimum Gasteiger partial charge on any atom is -0.375 e. The molecule has 1 aromatic rings. The molecule has 6 nitrogen and oxygen atoms in total. The molecule has 3 rings (SSSR count). The molecule has 0 N–H and O–H groups in total. The largest absolute Gasteiger partial charge is 0.375 e. The van der Waals surface area contributed by atoms with Crippen molar-refractivity contribution in [2.75, 3.05) is 13.2 Å². The topological polar surface area (TPSA) is 64.4 Å². The van der Waals surface area contributed by atoms with Crippen LogP contribution in [0.2, 0.25) is 0 Å². The lowest BCUT2D eigenvalue weighted by atomic mass is 10.3. The van der Waals surface area contributed by atoms with Crippen molar-refractivity contribution in [1.82, 2.24) is 13.9 Å². The fraction of sp³-hybridized carbons (Fsp3) is 0.667. The van der Waals surface area contributed by atoms with E-state index in [1.54, 1.807) is 13.2 Å². The Morgan fingerprint density at radius 1 is 1.56 bits per heavy atom. The molecular weight excluding hydrogens is 230 g/mol. The Hall–Kier alpha value is -0.920. The quantitative estimate of drug-likeness (QED) is 0.708. The predicted octanol–water partition coefficient (Wildman–Crippen LogP) is -0.418. The number of aryl methyl sites for hydroxylation is 1. The molecule has 0 amide bonds. The molecule has 7 heteroatoms. The molecule has 2 fully saturated rings. The van der Waals surface area contributed by atoms with Crippen molar-refractivity contribution in [3.63, 3.8) is 0 Å². The van der Waals surface area contributed by atoms with Crippen LogP contribution in [0.25, 0.3) is 0 Å². The first-order chi connectivity index (χ1) is 7.59. The highest BCUT2D eigenvalue weighted by Crippen LogP contribution is 2.32. The highest BCUT2D eigenvalue weighted by molar-refractivity contribution is 7.89. The molecule has 0 aliphatic carbocycles. The van der Waals surface area contributed by atoms with E-state index in [0.29, 0.717) is 13.2 Å². The van der Waals surface area contributed by atoms with Crippen molar-refractivity contribution in [3.8, 4) is 0 Å². The van der Waals surface area contributed by atoms with Gasteiger partial charge in [0.15, 0.2) is 0 Å². The molecule has 2 aliphatic heterocycles. The fourth-order valence-corrected chi connectivity index (χ4v) is 4.09. The number of aromatic nitrogens is 2. The van der Waals surface area contributed by atoms with E-state index >= 15 is 0 Å². The second-order valence-corrected chi connectivity index (χ2v) is 6.02. The van der Waals surface area contributed by atoms with Gasteiger partial charge in [-0.05, 0) is 6.42 Å². The second-order valence-electron chi connectivity index (χ2n) is 4.24. The van der Waals surface area contributed by atoms with Gasteiger partial charge in [-0.15, -0.1) is 0 Å². The zero-order chi connectivity index (χ0) is 11.3. The molecule has 88 valence electrons. The summed E-state index contributed by atoms with van der Waals surface area (Å²) in [6, 6.07) is -0.00769. The van der Waals surface area contributed by atoms with Crippen LogP contribution in [0.3, 0.4) is 0 Å². The minimum absolute atomic E-state index is 0.00769. The van der Waals surface area contributed by atoms with E-state index < -0.39 is 10.0 Å². The summed E-state index contributed by atoms with van der Waals surface area (Å²) in [6.45, 7) is 0.966. The van der Waals surface area contributed by atoms with Crippen LogP contribution in [0.4, 0.5) is 0 Å². The monoisotopic (exact) mass is 243 g/mol. The van der Waals surface area contributed by atoms with Gasteiger partial charge in [0.1, 0.15) is 0 Å². The van der Waals surface area contributed by atoms with Crippen LogP contribution in [-0.4, -0.2) is 47.6 Å². The summed E-state index contributed by atoms with van der Waals surface area (Å²) < 4.78 is 33.0. The minimum atomic E-state index is -3.45. The molecule has 2 aliphatic rings. The molecule has 0 spiro atoms. The summed E-state index contributed by atoms with van der Waals surface area (Å²) in [6.07, 6.45) is 4.01. The van der Waals surface area contributed by atoms with Crippen molar-refractivity contribution in [2.45, 2.75) is 23.7 Å². The van der Waals surface area contributed by atoms with Crippen molar-refractivity contribution in [2.24, 2.45) is 7.05 Å². The first kappa shape index (κ1) is 10.2. The number of nitrogens with zero attached hydrogens (tertiary/aromatic N) is 3. The van der Waals surface area contributed by atoms with Crippen LogP contribution >= 0.6 is 0 Å². The summed E-state index contributed by atoms with van der Waals surface area (Å²) in [5.41, 5.74) is 0. The van der Waals surface area contributed by atoms with Crippen molar-refractivity contribution < 1.29 is 13.2 Å². The van der Waals surface area contributed by atoms with E-state index in [9.17, 15) is 8.42 Å². The number of hydrogen-bond donors (Lipinski definition) is 0. The fourth-order valence-electron chi connectivity index (χ4n) is 2.36. The highest BCUT2D eigenvalue weighted by Gasteiger charge is 2.46. The summed E-state index contributed by atoms with van der Waals surface area (Å²) in [5, 5.41) is 0.111. The smallest absolute Gasteiger partial charge is 0.277 e. The van der Waals surface area contributed by atoms with Crippen molar-refractivity contribution >= 4 is 10.0 Å². The molecule has 16 heavy (non-hydrogen) atoms. The van der Waals surface area contributed by atoms with Gasteiger partial charge in [0, 0.05) is 26.0 Å². The van der Waals surface area contributed by atoms with E-state index in [-0.39, 0.29) is 17.3 Å². The highest BCUT2D eigenvalue weighted by atomic mass is 32.2. The summed E-state index contributed by atoms with van der Waals surface area (Å²) in [5.74, 6) is 0. The molecule has 1 aromatic heterocycles. The van der Waals surface area contributed by atoms with E-state index in [1.165, 1.54) is 15.1 Å². The van der Waals surface area contributed by atoms with Gasteiger partial charge >= 0.3 is 0 Å². The Kier molecular flexibility index (Phi) is 2.10. The van der Waals surface area contributed by atoms with Crippen LogP contribution < -0.4 is 0 Å². The van der Waals surface area contributed by atoms with Crippen LogP contribution in [0.5, 0.6) is 0 Å². The number of rotatable bonds is 2. The molecule has 2 saturated heterocycles. The molecule has 0 saturated carbocycles. The van der Waals surface area contributed by atoms with Gasteiger partial charge in [-0.25, -0.2) is 13.4 Å². The Balaban J connectivity index is 1.98. The average molecular weight is 243 g/mol. The summed E-state index contributed by atoms with van der Waals surface area (Å²) >= 11 is 0. The van der Waals surface area contributed by atoms with Crippen LogP contribution in [-0.2, 0) is 21.8 Å². The van der Waals surface area contributed by atoms with Gasteiger partial charge < -0.3 is 9.30 Å². The van der Waals surface area contributed by atoms with Crippen LogP contribution in [0.1, 0.15) is 6.42 Å². The number of ether oxygens (including phenoxy) is 1. The van der Waals surface area contributed by atoms with Gasteiger partial charge in [-0.2, -0.15) is 4.31 Å². The number of sulfonamides is 1. The molecule has 0 aromatic carbocycles. The molecular formula is C9H13N3O3S. The van der Waals surface area contributed by atoms with Crippen LogP contribution in [0.15, 0.2) is 17.6 Å². The number of imidazole rings is 1. The predicted molar refractivity (Wildman–Crippen MR) is 55.2 cm³/mol. The van der Waals surface area contributed by atoms with E-state index in [0.717, 1.165) is 6.42 Å². The first-order valence-electron chi connectivity index (χ1n) is 5.20. The summed E-state index contributed by atoms with van der Waals surface area (Å²) in [7, 11) is -1.77. The standard InChI is InChI=1S/C9H13N3O3S/c1-11-3-2-10-9(11)16(13,14)12-5-8-4-7(12)6-15-8/h2-3,7-8H,4-6H2,1H3. The molecule has 0 radical (unpaired) electrons. The van der Waals surface area contributed by atoms with Crippen molar-refractivity contribution in [1.29, 1.82) is 0 Å². The van der Waals surface area contributed by atoms with E-state index in [2.05, 4.69) is 4.98 Å². The number of hydrogen-bond acceptors (Lipinski definition) is 4. The first-order valence-corrected chi connectivity index (χ1v) is 6.64. The maximum absolute atomic E-state index is 12.3. The SMILES string of the molecule is Cn1ccnc1S(=O)(=O)N1CC2CC1CO2. The molecule has 3 heterocycles. The lowest BCUT2D eigenvalue weighted by molar-refractivity contribution is 0.0606. The van der Waals surface area contributed by atoms with Gasteiger partial charge in [0.25, 0.3) is 10.0 Å². The third-order valence-corrected chi connectivity index (χ3v) is 5.09. The van der Waals surface area contributed by atoms with Gasteiger partial charge in [0.05, 0.1) is 18.8 Å².